The van der Waals surface area contributed by atoms with E-state index >= 15 is 0 Å². The molecule has 0 radical (unpaired) electrons. The molecule has 0 bridgehead atoms. The molecule has 106 valence electrons. The van der Waals surface area contributed by atoms with Crippen molar-refractivity contribution in [3.8, 4) is 11.5 Å². The first kappa shape index (κ1) is 15.8. The van der Waals surface area contributed by atoms with Crippen LogP contribution in [0.4, 0.5) is 0 Å². The van der Waals surface area contributed by atoms with Crippen LogP contribution in [0, 0.1) is 0 Å². The fraction of sp³-hybridized carbons (Fsp3) is 0.500. The fourth-order valence-corrected chi connectivity index (χ4v) is 2.16. The molecule has 0 heterocycles. The van der Waals surface area contributed by atoms with Crippen LogP contribution in [-0.2, 0) is 11.3 Å². The van der Waals surface area contributed by atoms with Crippen LogP contribution in [0.2, 0.25) is 0 Å². The first-order valence-electron chi connectivity index (χ1n) is 5.95. The number of hydrogen-bond acceptors (Lipinski definition) is 3. The number of alkyl halides is 1. The molecule has 4 nitrogen and oxygen atoms in total. The summed E-state index contributed by atoms with van der Waals surface area (Å²) in [4.78, 5) is 13.8. The summed E-state index contributed by atoms with van der Waals surface area (Å²) in [6.45, 7) is 4.12. The minimum atomic E-state index is -0.576. The fourth-order valence-electron chi connectivity index (χ4n) is 1.86. The Balaban J connectivity index is 2.97. The zero-order valence-corrected chi connectivity index (χ0v) is 13.6. The molecule has 0 spiro atoms. The number of amides is 1. The van der Waals surface area contributed by atoms with Gasteiger partial charge in [-0.05, 0) is 19.9 Å². The summed E-state index contributed by atoms with van der Waals surface area (Å²) in [7, 11) is 4.96. The Hall–Kier alpha value is -1.23. The lowest BCUT2D eigenvalue weighted by Gasteiger charge is -2.25. The van der Waals surface area contributed by atoms with E-state index in [4.69, 9.17) is 9.47 Å². The van der Waals surface area contributed by atoms with Crippen LogP contribution < -0.4 is 9.47 Å². The standard InChI is InChI=1S/C14H20BrNO3/c1-14(2,15)13(17)16(3)9-10-7-6-8-11(18-4)12(10)19-5/h6-8H,9H2,1-5H3. The van der Waals surface area contributed by atoms with E-state index in [9.17, 15) is 4.79 Å². The summed E-state index contributed by atoms with van der Waals surface area (Å²) < 4.78 is 10.0. The Labute approximate surface area is 122 Å². The van der Waals surface area contributed by atoms with E-state index in [0.29, 0.717) is 18.0 Å². The third-order valence-electron chi connectivity index (χ3n) is 2.75. The van der Waals surface area contributed by atoms with Gasteiger partial charge in [-0.2, -0.15) is 0 Å². The molecule has 0 fully saturated rings. The Morgan fingerprint density at radius 2 is 1.95 bits per heavy atom. The molecule has 1 aromatic rings. The van der Waals surface area contributed by atoms with E-state index in [-0.39, 0.29) is 5.91 Å². The number of rotatable bonds is 5. The average molecular weight is 330 g/mol. The van der Waals surface area contributed by atoms with Crippen molar-refractivity contribution in [3.05, 3.63) is 23.8 Å². The Bertz CT molecular complexity index is 454. The summed E-state index contributed by atoms with van der Waals surface area (Å²) in [5, 5.41) is 0. The molecule has 0 aromatic heterocycles. The summed E-state index contributed by atoms with van der Waals surface area (Å²) in [5.74, 6) is 1.34. The van der Waals surface area contributed by atoms with Gasteiger partial charge in [0.1, 0.15) is 0 Å². The van der Waals surface area contributed by atoms with Crippen molar-refractivity contribution in [2.75, 3.05) is 21.3 Å². The van der Waals surface area contributed by atoms with E-state index in [2.05, 4.69) is 15.9 Å². The number of para-hydroxylation sites is 1. The molecule has 0 unspecified atom stereocenters. The van der Waals surface area contributed by atoms with Gasteiger partial charge in [0.25, 0.3) is 0 Å². The van der Waals surface area contributed by atoms with Gasteiger partial charge in [-0.25, -0.2) is 0 Å². The molecule has 0 aliphatic heterocycles. The molecule has 0 atom stereocenters. The van der Waals surface area contributed by atoms with Crippen molar-refractivity contribution in [1.29, 1.82) is 0 Å². The Kier molecular flexibility index (Phi) is 5.23. The van der Waals surface area contributed by atoms with Gasteiger partial charge in [0.15, 0.2) is 11.5 Å². The van der Waals surface area contributed by atoms with Crippen LogP contribution in [0.15, 0.2) is 18.2 Å². The van der Waals surface area contributed by atoms with Gasteiger partial charge >= 0.3 is 0 Å². The van der Waals surface area contributed by atoms with Gasteiger partial charge in [-0.15, -0.1) is 0 Å². The quantitative estimate of drug-likeness (QED) is 0.780. The molecule has 1 amide bonds. The van der Waals surface area contributed by atoms with Crippen LogP contribution in [0.5, 0.6) is 11.5 Å². The second-order valence-corrected chi connectivity index (χ2v) is 6.77. The van der Waals surface area contributed by atoms with Crippen LogP contribution in [0.1, 0.15) is 19.4 Å². The first-order valence-corrected chi connectivity index (χ1v) is 6.75. The summed E-state index contributed by atoms with van der Waals surface area (Å²) >= 11 is 3.37. The largest absolute Gasteiger partial charge is 0.493 e. The number of nitrogens with zero attached hydrogens (tertiary/aromatic N) is 1. The Morgan fingerprint density at radius 3 is 2.42 bits per heavy atom. The number of benzene rings is 1. The van der Waals surface area contributed by atoms with Crippen molar-refractivity contribution in [3.63, 3.8) is 0 Å². The lowest BCUT2D eigenvalue weighted by molar-refractivity contribution is -0.131. The zero-order valence-electron chi connectivity index (χ0n) is 12.0. The normalized spacial score (nSPS) is 11.1. The van der Waals surface area contributed by atoms with Crippen LogP contribution in [-0.4, -0.2) is 36.4 Å². The van der Waals surface area contributed by atoms with Crippen molar-refractivity contribution in [2.45, 2.75) is 24.7 Å². The highest BCUT2D eigenvalue weighted by Crippen LogP contribution is 2.32. The van der Waals surface area contributed by atoms with E-state index in [1.54, 1.807) is 26.2 Å². The molecule has 0 saturated heterocycles. The third-order valence-corrected chi connectivity index (χ3v) is 3.09. The summed E-state index contributed by atoms with van der Waals surface area (Å²) in [6.07, 6.45) is 0. The number of halogens is 1. The van der Waals surface area contributed by atoms with Gasteiger partial charge in [-0.1, -0.05) is 28.1 Å². The van der Waals surface area contributed by atoms with Crippen LogP contribution in [0.3, 0.4) is 0 Å². The van der Waals surface area contributed by atoms with Crippen LogP contribution in [0.25, 0.3) is 0 Å². The SMILES string of the molecule is COc1cccc(CN(C)C(=O)C(C)(C)Br)c1OC. The monoisotopic (exact) mass is 329 g/mol. The third kappa shape index (κ3) is 3.86. The van der Waals surface area contributed by atoms with E-state index in [1.807, 2.05) is 32.0 Å². The highest BCUT2D eigenvalue weighted by Gasteiger charge is 2.27. The molecule has 1 rings (SSSR count). The minimum absolute atomic E-state index is 0.0115. The predicted octanol–water partition coefficient (Wildman–Crippen LogP) is 2.84. The van der Waals surface area contributed by atoms with Gasteiger partial charge in [-0.3, -0.25) is 4.79 Å². The van der Waals surface area contributed by atoms with E-state index in [0.717, 1.165) is 5.56 Å². The highest BCUT2D eigenvalue weighted by atomic mass is 79.9. The van der Waals surface area contributed by atoms with E-state index in [1.165, 1.54) is 0 Å². The second kappa shape index (κ2) is 6.28. The molecule has 0 N–H and O–H groups in total. The van der Waals surface area contributed by atoms with Crippen molar-refractivity contribution in [1.82, 2.24) is 4.90 Å². The van der Waals surface area contributed by atoms with Crippen molar-refractivity contribution in [2.24, 2.45) is 0 Å². The molecule has 0 aliphatic carbocycles. The highest BCUT2D eigenvalue weighted by molar-refractivity contribution is 9.10. The molecule has 1 aromatic carbocycles. The van der Waals surface area contributed by atoms with Crippen LogP contribution >= 0.6 is 15.9 Å². The van der Waals surface area contributed by atoms with Gasteiger partial charge in [0.2, 0.25) is 5.91 Å². The zero-order chi connectivity index (χ0) is 14.6. The maximum atomic E-state index is 12.1. The molecule has 5 heteroatoms. The molecule has 0 aliphatic rings. The second-order valence-electron chi connectivity index (χ2n) is 4.79. The lowest BCUT2D eigenvalue weighted by atomic mass is 10.1. The Morgan fingerprint density at radius 1 is 1.32 bits per heavy atom. The summed E-state index contributed by atoms with van der Waals surface area (Å²) in [5.41, 5.74) is 0.912. The molecular formula is C14H20BrNO3. The predicted molar refractivity (Wildman–Crippen MR) is 79.0 cm³/mol. The number of carbonyl (C=O) groups is 1. The minimum Gasteiger partial charge on any atom is -0.493 e. The maximum absolute atomic E-state index is 12.1. The molecule has 0 saturated carbocycles. The topological polar surface area (TPSA) is 38.8 Å². The van der Waals surface area contributed by atoms with Gasteiger partial charge < -0.3 is 14.4 Å². The molecule has 19 heavy (non-hydrogen) atoms. The smallest absolute Gasteiger partial charge is 0.238 e. The maximum Gasteiger partial charge on any atom is 0.238 e. The summed E-state index contributed by atoms with van der Waals surface area (Å²) in [6, 6.07) is 5.64. The first-order chi connectivity index (χ1) is 8.81. The number of carbonyl (C=O) groups excluding carboxylic acids is 1. The molecular weight excluding hydrogens is 310 g/mol. The number of ether oxygens (including phenoxy) is 2. The van der Waals surface area contributed by atoms with Gasteiger partial charge in [0, 0.05) is 19.2 Å². The van der Waals surface area contributed by atoms with Crippen molar-refractivity contribution < 1.29 is 14.3 Å². The van der Waals surface area contributed by atoms with Crippen molar-refractivity contribution >= 4 is 21.8 Å². The van der Waals surface area contributed by atoms with E-state index < -0.39 is 4.32 Å². The lowest BCUT2D eigenvalue weighted by Crippen LogP contribution is -2.38. The number of methoxy groups -OCH3 is 2. The number of hydrogen-bond donors (Lipinski definition) is 0. The van der Waals surface area contributed by atoms with Gasteiger partial charge in [0.05, 0.1) is 18.5 Å². The average Bonchev–Trinajstić information content (AvgIpc) is 2.36.